The van der Waals surface area contributed by atoms with Gasteiger partial charge in [-0.3, -0.25) is 4.68 Å². The van der Waals surface area contributed by atoms with E-state index in [-0.39, 0.29) is 5.97 Å². The van der Waals surface area contributed by atoms with Crippen LogP contribution in [0.2, 0.25) is 0 Å². The van der Waals surface area contributed by atoms with Gasteiger partial charge in [0.15, 0.2) is 0 Å². The van der Waals surface area contributed by atoms with Gasteiger partial charge in [0, 0.05) is 12.4 Å². The van der Waals surface area contributed by atoms with E-state index >= 15 is 0 Å². The van der Waals surface area contributed by atoms with Crippen LogP contribution >= 0.6 is 0 Å². The quantitative estimate of drug-likeness (QED) is 0.523. The monoisotopic (exact) mass is 182 g/mol. The van der Waals surface area contributed by atoms with Gasteiger partial charge >= 0.3 is 5.97 Å². The molecule has 0 amide bonds. The molecule has 1 aromatic heterocycles. The Morgan fingerprint density at radius 1 is 1.54 bits per heavy atom. The summed E-state index contributed by atoms with van der Waals surface area (Å²) in [6.45, 7) is 5.47. The summed E-state index contributed by atoms with van der Waals surface area (Å²) in [6, 6.07) is 1.62. The predicted molar refractivity (Wildman–Crippen MR) is 49.8 cm³/mol. The Labute approximate surface area is 77.3 Å². The minimum Gasteiger partial charge on any atom is -0.456 e. The molecular formula is C9H14N2O2. The lowest BCUT2D eigenvalue weighted by molar-refractivity contribution is 0.00696. The first kappa shape index (κ1) is 9.64. The van der Waals surface area contributed by atoms with E-state index in [1.165, 1.54) is 10.9 Å². The normalized spacial score (nSPS) is 11.3. The third-order valence-corrected chi connectivity index (χ3v) is 1.35. The number of aromatic nitrogens is 1. The number of esters is 1. The first-order chi connectivity index (χ1) is 5.88. The Hall–Kier alpha value is -1.45. The van der Waals surface area contributed by atoms with Gasteiger partial charge in [-0.1, -0.05) is 0 Å². The number of ether oxygens (including phenoxy) is 1. The standard InChI is InChI=1S/C9H14N2O2/c1-9(2,3)13-8(12)7-4-5-11(10)6-7/h4-6H,10H2,1-3H3. The molecule has 1 heterocycles. The molecule has 4 nitrogen and oxygen atoms in total. The summed E-state index contributed by atoms with van der Waals surface area (Å²) < 4.78 is 6.45. The number of carbonyl (C=O) groups is 1. The van der Waals surface area contributed by atoms with Crippen LogP contribution in [0.5, 0.6) is 0 Å². The van der Waals surface area contributed by atoms with Crippen LogP contribution in [0.15, 0.2) is 18.5 Å². The van der Waals surface area contributed by atoms with E-state index in [1.807, 2.05) is 20.8 Å². The molecule has 0 aliphatic rings. The Morgan fingerprint density at radius 3 is 2.54 bits per heavy atom. The second-order valence-electron chi connectivity index (χ2n) is 3.85. The molecule has 0 fully saturated rings. The van der Waals surface area contributed by atoms with Gasteiger partial charge in [-0.15, -0.1) is 0 Å². The summed E-state index contributed by atoms with van der Waals surface area (Å²) in [5.41, 5.74) is 0.00534. The molecule has 0 saturated heterocycles. The first-order valence-corrected chi connectivity index (χ1v) is 4.05. The summed E-state index contributed by atoms with van der Waals surface area (Å²) in [6.07, 6.45) is 3.12. The highest BCUT2D eigenvalue weighted by molar-refractivity contribution is 5.89. The Bertz CT molecular complexity index is 310. The van der Waals surface area contributed by atoms with E-state index in [9.17, 15) is 4.79 Å². The fourth-order valence-corrected chi connectivity index (χ4v) is 0.871. The molecule has 0 atom stereocenters. The van der Waals surface area contributed by atoms with Crippen molar-refractivity contribution >= 4 is 5.97 Å². The van der Waals surface area contributed by atoms with Crippen molar-refractivity contribution in [2.75, 3.05) is 5.84 Å². The van der Waals surface area contributed by atoms with Crippen molar-refractivity contribution in [3.8, 4) is 0 Å². The van der Waals surface area contributed by atoms with Crippen molar-refractivity contribution in [2.24, 2.45) is 0 Å². The first-order valence-electron chi connectivity index (χ1n) is 4.05. The van der Waals surface area contributed by atoms with Crippen LogP contribution in [-0.4, -0.2) is 16.2 Å². The summed E-state index contributed by atoms with van der Waals surface area (Å²) in [7, 11) is 0. The number of hydrogen-bond acceptors (Lipinski definition) is 3. The second-order valence-corrected chi connectivity index (χ2v) is 3.85. The maximum atomic E-state index is 11.4. The second kappa shape index (κ2) is 3.12. The molecule has 0 aliphatic heterocycles. The zero-order chi connectivity index (χ0) is 10.1. The van der Waals surface area contributed by atoms with Gasteiger partial charge in [0.05, 0.1) is 5.56 Å². The van der Waals surface area contributed by atoms with Crippen LogP contribution in [0.1, 0.15) is 31.1 Å². The van der Waals surface area contributed by atoms with Gasteiger partial charge in [-0.25, -0.2) is 4.79 Å². The molecule has 72 valence electrons. The molecule has 13 heavy (non-hydrogen) atoms. The number of carbonyl (C=O) groups excluding carboxylic acids is 1. The number of nitrogens with two attached hydrogens (primary N) is 1. The Balaban J connectivity index is 2.70. The zero-order valence-corrected chi connectivity index (χ0v) is 8.07. The number of nitrogen functional groups attached to an aromatic ring is 1. The van der Waals surface area contributed by atoms with Crippen molar-refractivity contribution in [3.05, 3.63) is 24.0 Å². The molecule has 4 heteroatoms. The van der Waals surface area contributed by atoms with Gasteiger partial charge in [-0.05, 0) is 26.8 Å². The Morgan fingerprint density at radius 2 is 2.15 bits per heavy atom. The van der Waals surface area contributed by atoms with E-state index in [0.717, 1.165) is 0 Å². The van der Waals surface area contributed by atoms with Gasteiger partial charge in [0.25, 0.3) is 0 Å². The molecule has 0 unspecified atom stereocenters. The molecule has 1 rings (SSSR count). The summed E-state index contributed by atoms with van der Waals surface area (Å²) in [5.74, 6) is 5.04. The van der Waals surface area contributed by atoms with Gasteiger partial charge in [0.1, 0.15) is 5.60 Å². The molecular weight excluding hydrogens is 168 g/mol. The molecule has 1 aromatic rings. The van der Waals surface area contributed by atoms with Crippen molar-refractivity contribution in [1.29, 1.82) is 0 Å². The number of nitrogens with zero attached hydrogens (tertiary/aromatic N) is 1. The van der Waals surface area contributed by atoms with Gasteiger partial charge < -0.3 is 10.6 Å². The van der Waals surface area contributed by atoms with Crippen LogP contribution in [0.25, 0.3) is 0 Å². The molecule has 0 aliphatic carbocycles. The van der Waals surface area contributed by atoms with Crippen LogP contribution in [-0.2, 0) is 4.74 Å². The molecule has 0 aromatic carbocycles. The molecule has 0 bridgehead atoms. The maximum Gasteiger partial charge on any atom is 0.340 e. The summed E-state index contributed by atoms with van der Waals surface area (Å²) in [4.78, 5) is 11.4. The predicted octanol–water partition coefficient (Wildman–Crippen LogP) is 1.16. The number of rotatable bonds is 1. The van der Waals surface area contributed by atoms with Crippen molar-refractivity contribution < 1.29 is 9.53 Å². The zero-order valence-electron chi connectivity index (χ0n) is 8.07. The van der Waals surface area contributed by atoms with E-state index in [0.29, 0.717) is 5.56 Å². The topological polar surface area (TPSA) is 57.2 Å². The minimum absolute atomic E-state index is 0.350. The molecule has 0 spiro atoms. The van der Waals surface area contributed by atoms with Crippen LogP contribution in [0.3, 0.4) is 0 Å². The number of hydrogen-bond donors (Lipinski definition) is 1. The van der Waals surface area contributed by atoms with Crippen molar-refractivity contribution in [1.82, 2.24) is 4.68 Å². The van der Waals surface area contributed by atoms with Crippen LogP contribution < -0.4 is 5.84 Å². The minimum atomic E-state index is -0.465. The summed E-state index contributed by atoms with van der Waals surface area (Å²) in [5, 5.41) is 0. The van der Waals surface area contributed by atoms with E-state index in [1.54, 1.807) is 12.3 Å². The largest absolute Gasteiger partial charge is 0.456 e. The van der Waals surface area contributed by atoms with Crippen molar-refractivity contribution in [2.45, 2.75) is 26.4 Å². The molecule has 0 saturated carbocycles. The molecule has 2 N–H and O–H groups in total. The van der Waals surface area contributed by atoms with Gasteiger partial charge in [0.2, 0.25) is 0 Å². The lowest BCUT2D eigenvalue weighted by Crippen LogP contribution is -2.23. The van der Waals surface area contributed by atoms with E-state index < -0.39 is 5.60 Å². The van der Waals surface area contributed by atoms with Crippen molar-refractivity contribution in [3.63, 3.8) is 0 Å². The maximum absolute atomic E-state index is 11.4. The summed E-state index contributed by atoms with van der Waals surface area (Å²) >= 11 is 0. The van der Waals surface area contributed by atoms with E-state index in [4.69, 9.17) is 10.6 Å². The van der Waals surface area contributed by atoms with E-state index in [2.05, 4.69) is 0 Å². The highest BCUT2D eigenvalue weighted by atomic mass is 16.6. The average Bonchev–Trinajstić information content (AvgIpc) is 2.31. The smallest absolute Gasteiger partial charge is 0.340 e. The molecule has 0 radical (unpaired) electrons. The van der Waals surface area contributed by atoms with Crippen LogP contribution in [0.4, 0.5) is 0 Å². The Kier molecular flexibility index (Phi) is 2.32. The van der Waals surface area contributed by atoms with Crippen LogP contribution in [0, 0.1) is 0 Å². The lowest BCUT2D eigenvalue weighted by atomic mass is 10.2. The highest BCUT2D eigenvalue weighted by Crippen LogP contribution is 2.11. The highest BCUT2D eigenvalue weighted by Gasteiger charge is 2.18. The van der Waals surface area contributed by atoms with Gasteiger partial charge in [-0.2, -0.15) is 0 Å². The average molecular weight is 182 g/mol. The fourth-order valence-electron chi connectivity index (χ4n) is 0.871. The third-order valence-electron chi connectivity index (χ3n) is 1.35. The fraction of sp³-hybridized carbons (Fsp3) is 0.444. The SMILES string of the molecule is CC(C)(C)OC(=O)c1ccn(N)c1. The third kappa shape index (κ3) is 2.82. The lowest BCUT2D eigenvalue weighted by Gasteiger charge is -2.18.